The SMILES string of the molecule is O=[N+]([O-])c1ccc(S(=O)(=O)C=NO)cc1. The Hall–Kier alpha value is -1.96. The summed E-state index contributed by atoms with van der Waals surface area (Å²) in [5, 5.41) is 20.8. The molecule has 0 aliphatic carbocycles. The molecule has 1 aromatic carbocycles. The molecular formula is C7H6N2O5S. The molecule has 0 amide bonds. The normalized spacial score (nSPS) is 11.7. The van der Waals surface area contributed by atoms with Crippen LogP contribution in [-0.2, 0) is 9.84 Å². The number of hydrogen-bond donors (Lipinski definition) is 1. The van der Waals surface area contributed by atoms with Gasteiger partial charge in [0.25, 0.3) is 5.69 Å². The molecular weight excluding hydrogens is 224 g/mol. The number of rotatable bonds is 3. The molecule has 0 atom stereocenters. The minimum atomic E-state index is -3.82. The maximum atomic E-state index is 11.2. The van der Waals surface area contributed by atoms with E-state index in [1.807, 2.05) is 0 Å². The zero-order valence-electron chi connectivity index (χ0n) is 7.27. The van der Waals surface area contributed by atoms with Gasteiger partial charge in [-0.2, -0.15) is 0 Å². The highest BCUT2D eigenvalue weighted by molar-refractivity contribution is 8.04. The third kappa shape index (κ3) is 2.50. The molecule has 8 heteroatoms. The zero-order valence-corrected chi connectivity index (χ0v) is 8.09. The molecule has 0 bridgehead atoms. The summed E-state index contributed by atoms with van der Waals surface area (Å²) in [6.45, 7) is 0. The van der Waals surface area contributed by atoms with Gasteiger partial charge in [-0.15, -0.1) is 0 Å². The molecule has 0 saturated carbocycles. The van der Waals surface area contributed by atoms with Gasteiger partial charge in [-0.3, -0.25) is 10.1 Å². The molecule has 15 heavy (non-hydrogen) atoms. The van der Waals surface area contributed by atoms with Crippen LogP contribution in [-0.4, -0.2) is 24.1 Å². The monoisotopic (exact) mass is 230 g/mol. The largest absolute Gasteiger partial charge is 0.410 e. The third-order valence-electron chi connectivity index (χ3n) is 1.56. The third-order valence-corrected chi connectivity index (χ3v) is 2.86. The number of sulfone groups is 1. The van der Waals surface area contributed by atoms with Crippen molar-refractivity contribution in [3.63, 3.8) is 0 Å². The second-order valence-corrected chi connectivity index (χ2v) is 4.29. The molecule has 0 aliphatic rings. The van der Waals surface area contributed by atoms with Crippen LogP contribution in [0.4, 0.5) is 5.69 Å². The topological polar surface area (TPSA) is 110 Å². The predicted molar refractivity (Wildman–Crippen MR) is 50.6 cm³/mol. The van der Waals surface area contributed by atoms with Crippen molar-refractivity contribution in [2.24, 2.45) is 5.16 Å². The second kappa shape index (κ2) is 4.05. The van der Waals surface area contributed by atoms with E-state index in [9.17, 15) is 18.5 Å². The van der Waals surface area contributed by atoms with E-state index < -0.39 is 14.8 Å². The molecule has 1 rings (SSSR count). The van der Waals surface area contributed by atoms with Crippen LogP contribution in [0.3, 0.4) is 0 Å². The van der Waals surface area contributed by atoms with Gasteiger partial charge < -0.3 is 5.21 Å². The minimum absolute atomic E-state index is 0.175. The Morgan fingerprint density at radius 2 is 1.87 bits per heavy atom. The summed E-state index contributed by atoms with van der Waals surface area (Å²) in [5.74, 6) is 0. The molecule has 0 radical (unpaired) electrons. The lowest BCUT2D eigenvalue weighted by Gasteiger charge is -1.96. The lowest BCUT2D eigenvalue weighted by atomic mass is 10.3. The number of non-ortho nitro benzene ring substituents is 1. The molecule has 1 N–H and O–H groups in total. The highest BCUT2D eigenvalue weighted by Crippen LogP contribution is 2.15. The number of oxime groups is 1. The highest BCUT2D eigenvalue weighted by Gasteiger charge is 2.13. The average Bonchev–Trinajstić information content (AvgIpc) is 2.18. The summed E-state index contributed by atoms with van der Waals surface area (Å²) in [7, 11) is -3.82. The van der Waals surface area contributed by atoms with Crippen LogP contribution in [0.2, 0.25) is 0 Å². The molecule has 0 unspecified atom stereocenters. The Balaban J connectivity index is 3.15. The molecule has 0 fully saturated rings. The van der Waals surface area contributed by atoms with Gasteiger partial charge in [0.05, 0.1) is 9.82 Å². The second-order valence-electron chi connectivity index (χ2n) is 2.52. The molecule has 0 aliphatic heterocycles. The predicted octanol–water partition coefficient (Wildman–Crippen LogP) is 0.786. The number of hydrogen-bond acceptors (Lipinski definition) is 6. The first-order chi connectivity index (χ1) is 6.97. The maximum absolute atomic E-state index is 11.2. The zero-order chi connectivity index (χ0) is 11.5. The van der Waals surface area contributed by atoms with Crippen molar-refractivity contribution in [3.05, 3.63) is 34.4 Å². The lowest BCUT2D eigenvalue weighted by molar-refractivity contribution is -0.384. The molecule has 1 aromatic rings. The molecule has 0 saturated heterocycles. The van der Waals surface area contributed by atoms with Crippen molar-refractivity contribution in [3.8, 4) is 0 Å². The van der Waals surface area contributed by atoms with Gasteiger partial charge in [0.15, 0.2) is 5.55 Å². The Labute approximate surface area is 84.7 Å². The molecule has 0 heterocycles. The van der Waals surface area contributed by atoms with Gasteiger partial charge in [0, 0.05) is 12.1 Å². The van der Waals surface area contributed by atoms with Crippen molar-refractivity contribution >= 4 is 21.1 Å². The maximum Gasteiger partial charge on any atom is 0.269 e. The van der Waals surface area contributed by atoms with Crippen LogP contribution in [0, 0.1) is 10.1 Å². The van der Waals surface area contributed by atoms with Crippen LogP contribution in [0.15, 0.2) is 34.3 Å². The van der Waals surface area contributed by atoms with E-state index in [0.717, 1.165) is 24.3 Å². The van der Waals surface area contributed by atoms with Gasteiger partial charge >= 0.3 is 0 Å². The van der Waals surface area contributed by atoms with E-state index in [0.29, 0.717) is 5.55 Å². The fourth-order valence-corrected chi connectivity index (χ4v) is 1.64. The van der Waals surface area contributed by atoms with E-state index in [-0.39, 0.29) is 10.6 Å². The summed E-state index contributed by atoms with van der Waals surface area (Å²) in [6, 6.07) is 4.24. The number of nitro benzene ring substituents is 1. The van der Waals surface area contributed by atoms with E-state index in [4.69, 9.17) is 5.21 Å². The molecule has 80 valence electrons. The Bertz CT molecular complexity index is 491. The quantitative estimate of drug-likeness (QED) is 0.271. The van der Waals surface area contributed by atoms with Gasteiger partial charge in [0.2, 0.25) is 9.84 Å². The van der Waals surface area contributed by atoms with Gasteiger partial charge in [-0.25, -0.2) is 8.42 Å². The van der Waals surface area contributed by atoms with Crippen LogP contribution >= 0.6 is 0 Å². The summed E-state index contributed by atoms with van der Waals surface area (Å²) in [4.78, 5) is 9.46. The lowest BCUT2D eigenvalue weighted by Crippen LogP contribution is -2.01. The van der Waals surface area contributed by atoms with Crippen molar-refractivity contribution in [1.82, 2.24) is 0 Å². The first-order valence-electron chi connectivity index (χ1n) is 3.64. The van der Waals surface area contributed by atoms with Crippen molar-refractivity contribution in [1.29, 1.82) is 0 Å². The highest BCUT2D eigenvalue weighted by atomic mass is 32.2. The van der Waals surface area contributed by atoms with Gasteiger partial charge in [-0.1, -0.05) is 5.16 Å². The van der Waals surface area contributed by atoms with Crippen LogP contribution in [0.25, 0.3) is 0 Å². The summed E-state index contributed by atoms with van der Waals surface area (Å²) >= 11 is 0. The Morgan fingerprint density at radius 1 is 1.33 bits per heavy atom. The summed E-state index contributed by atoms with van der Waals surface area (Å²) in [6.07, 6.45) is 0. The fraction of sp³-hybridized carbons (Fsp3) is 0. The molecule has 0 aromatic heterocycles. The van der Waals surface area contributed by atoms with Crippen LogP contribution in [0.5, 0.6) is 0 Å². The Kier molecular flexibility index (Phi) is 3.00. The van der Waals surface area contributed by atoms with Crippen LogP contribution < -0.4 is 0 Å². The van der Waals surface area contributed by atoms with Crippen molar-refractivity contribution in [2.45, 2.75) is 4.90 Å². The van der Waals surface area contributed by atoms with Gasteiger partial charge in [-0.05, 0) is 12.1 Å². The molecule has 7 nitrogen and oxygen atoms in total. The summed E-state index contributed by atoms with van der Waals surface area (Å²) in [5.41, 5.74) is 0.142. The fourth-order valence-electron chi connectivity index (χ4n) is 0.880. The van der Waals surface area contributed by atoms with E-state index in [1.165, 1.54) is 0 Å². The summed E-state index contributed by atoms with van der Waals surface area (Å²) < 4.78 is 22.5. The standard InChI is InChI=1S/C7H6N2O5S/c10-8-5-15(13,14)7-3-1-6(2-4-7)9(11)12/h1-5,10H. The number of nitrogens with zero attached hydrogens (tertiary/aromatic N) is 2. The van der Waals surface area contributed by atoms with E-state index in [2.05, 4.69) is 5.16 Å². The number of benzene rings is 1. The minimum Gasteiger partial charge on any atom is -0.410 e. The average molecular weight is 230 g/mol. The Morgan fingerprint density at radius 3 is 2.27 bits per heavy atom. The smallest absolute Gasteiger partial charge is 0.269 e. The van der Waals surface area contributed by atoms with Gasteiger partial charge in [0.1, 0.15) is 0 Å². The van der Waals surface area contributed by atoms with E-state index >= 15 is 0 Å². The van der Waals surface area contributed by atoms with E-state index in [1.54, 1.807) is 0 Å². The number of nitro groups is 1. The van der Waals surface area contributed by atoms with Crippen molar-refractivity contribution in [2.75, 3.05) is 0 Å². The first kappa shape index (κ1) is 11.1. The molecule has 0 spiro atoms. The van der Waals surface area contributed by atoms with Crippen LogP contribution in [0.1, 0.15) is 0 Å². The first-order valence-corrected chi connectivity index (χ1v) is 5.19. The van der Waals surface area contributed by atoms with Crippen molar-refractivity contribution < 1.29 is 18.5 Å².